The van der Waals surface area contributed by atoms with Gasteiger partial charge >= 0.3 is 0 Å². The van der Waals surface area contributed by atoms with Crippen LogP contribution in [-0.2, 0) is 26.2 Å². The quantitative estimate of drug-likeness (QED) is 0.288. The number of carbonyl (C=O) groups is 2. The van der Waals surface area contributed by atoms with Gasteiger partial charge in [0.25, 0.3) is 10.0 Å². The second-order valence-corrected chi connectivity index (χ2v) is 12.2. The van der Waals surface area contributed by atoms with E-state index < -0.39 is 28.5 Å². The van der Waals surface area contributed by atoms with Crippen LogP contribution >= 0.6 is 0 Å². The number of sulfonamides is 1. The predicted molar refractivity (Wildman–Crippen MR) is 160 cm³/mol. The van der Waals surface area contributed by atoms with Gasteiger partial charge in [-0.25, -0.2) is 8.42 Å². The van der Waals surface area contributed by atoms with E-state index in [1.54, 1.807) is 30.3 Å². The number of anilines is 1. The summed E-state index contributed by atoms with van der Waals surface area (Å²) in [4.78, 5) is 29.0. The zero-order valence-electron chi connectivity index (χ0n) is 24.1. The molecular weight excluding hydrogens is 522 g/mol. The molecule has 3 aromatic rings. The van der Waals surface area contributed by atoms with Crippen LogP contribution in [0.4, 0.5) is 5.69 Å². The number of benzene rings is 3. The number of nitrogens with zero attached hydrogens (tertiary/aromatic N) is 2. The molecule has 2 atom stereocenters. The van der Waals surface area contributed by atoms with E-state index in [0.717, 1.165) is 21.9 Å². The molecule has 3 rings (SSSR count). The molecule has 8 heteroatoms. The van der Waals surface area contributed by atoms with Crippen LogP contribution in [0.1, 0.15) is 64.5 Å². The third-order valence-electron chi connectivity index (χ3n) is 7.04. The van der Waals surface area contributed by atoms with Gasteiger partial charge in [-0.1, -0.05) is 88.4 Å². The minimum atomic E-state index is -4.08. The van der Waals surface area contributed by atoms with Gasteiger partial charge in [-0.2, -0.15) is 0 Å². The van der Waals surface area contributed by atoms with Crippen molar-refractivity contribution in [3.63, 3.8) is 0 Å². The first-order chi connectivity index (χ1) is 19.1. The van der Waals surface area contributed by atoms with Crippen molar-refractivity contribution in [1.82, 2.24) is 10.2 Å². The summed E-state index contributed by atoms with van der Waals surface area (Å²) in [5, 5.41) is 2.99. The fraction of sp³-hybridized carbons (Fsp3) is 0.375. The topological polar surface area (TPSA) is 86.8 Å². The molecule has 0 saturated carbocycles. The summed E-state index contributed by atoms with van der Waals surface area (Å²) >= 11 is 0. The van der Waals surface area contributed by atoms with Crippen LogP contribution in [0.5, 0.6) is 0 Å². The molecule has 40 heavy (non-hydrogen) atoms. The lowest BCUT2D eigenvalue weighted by Gasteiger charge is -2.33. The predicted octanol–water partition coefficient (Wildman–Crippen LogP) is 5.73. The van der Waals surface area contributed by atoms with Gasteiger partial charge in [0.2, 0.25) is 11.8 Å². The molecule has 0 saturated heterocycles. The van der Waals surface area contributed by atoms with Gasteiger partial charge in [0.15, 0.2) is 0 Å². The largest absolute Gasteiger partial charge is 0.352 e. The number of nitrogens with one attached hydrogen (secondary N) is 1. The zero-order chi connectivity index (χ0) is 29.3. The number of hydrogen-bond acceptors (Lipinski definition) is 4. The Morgan fingerprint density at radius 2 is 1.38 bits per heavy atom. The first-order valence-electron chi connectivity index (χ1n) is 13.9. The molecule has 0 fully saturated rings. The third kappa shape index (κ3) is 7.72. The van der Waals surface area contributed by atoms with Crippen molar-refractivity contribution in [2.24, 2.45) is 0 Å². The maximum absolute atomic E-state index is 14.1. The van der Waals surface area contributed by atoms with E-state index >= 15 is 0 Å². The third-order valence-corrected chi connectivity index (χ3v) is 8.83. The molecule has 0 aliphatic rings. The molecule has 3 aromatic carbocycles. The molecule has 7 nitrogen and oxygen atoms in total. The smallest absolute Gasteiger partial charge is 0.264 e. The molecule has 0 aliphatic heterocycles. The molecule has 0 spiro atoms. The maximum Gasteiger partial charge on any atom is 0.264 e. The van der Waals surface area contributed by atoms with Crippen LogP contribution in [-0.4, -0.2) is 43.8 Å². The van der Waals surface area contributed by atoms with Crippen molar-refractivity contribution in [2.45, 2.75) is 76.9 Å². The lowest BCUT2D eigenvalue weighted by Crippen LogP contribution is -2.53. The highest BCUT2D eigenvalue weighted by atomic mass is 32.2. The van der Waals surface area contributed by atoms with Gasteiger partial charge in [0, 0.05) is 12.6 Å². The Morgan fingerprint density at radius 1 is 0.800 bits per heavy atom. The van der Waals surface area contributed by atoms with E-state index in [-0.39, 0.29) is 29.3 Å². The van der Waals surface area contributed by atoms with Crippen LogP contribution in [0.15, 0.2) is 89.8 Å². The van der Waals surface area contributed by atoms with Crippen LogP contribution in [0, 0.1) is 0 Å². The molecule has 0 heterocycles. The summed E-state index contributed by atoms with van der Waals surface area (Å²) in [5.41, 5.74) is 2.30. The van der Waals surface area contributed by atoms with E-state index in [4.69, 9.17) is 0 Å². The highest BCUT2D eigenvalue weighted by molar-refractivity contribution is 7.92. The van der Waals surface area contributed by atoms with Crippen molar-refractivity contribution in [2.75, 3.05) is 10.8 Å². The summed E-state index contributed by atoms with van der Waals surface area (Å²) in [6, 6.07) is 23.9. The monoisotopic (exact) mass is 563 g/mol. The molecule has 0 unspecified atom stereocenters. The average Bonchev–Trinajstić information content (AvgIpc) is 2.96. The number of rotatable bonds is 13. The first-order valence-corrected chi connectivity index (χ1v) is 15.3. The Balaban J connectivity index is 2.04. The van der Waals surface area contributed by atoms with Crippen molar-refractivity contribution in [1.29, 1.82) is 0 Å². The lowest BCUT2D eigenvalue weighted by atomic mass is 10.0. The van der Waals surface area contributed by atoms with Gasteiger partial charge in [-0.05, 0) is 61.1 Å². The summed E-state index contributed by atoms with van der Waals surface area (Å²) in [5.74, 6) is -0.437. The Kier molecular flexibility index (Phi) is 10.9. The van der Waals surface area contributed by atoms with Crippen molar-refractivity contribution in [3.8, 4) is 0 Å². The second kappa shape index (κ2) is 14.1. The molecule has 0 radical (unpaired) electrons. The first kappa shape index (κ1) is 30.9. The summed E-state index contributed by atoms with van der Waals surface area (Å²) in [6.45, 7) is 9.62. The van der Waals surface area contributed by atoms with Gasteiger partial charge in [-0.3, -0.25) is 13.9 Å². The summed E-state index contributed by atoms with van der Waals surface area (Å²) in [7, 11) is -4.08. The van der Waals surface area contributed by atoms with Crippen molar-refractivity contribution in [3.05, 3.63) is 96.1 Å². The zero-order valence-corrected chi connectivity index (χ0v) is 24.9. The van der Waals surface area contributed by atoms with Crippen LogP contribution in [0.2, 0.25) is 0 Å². The van der Waals surface area contributed by atoms with Gasteiger partial charge in [0.05, 0.1) is 10.6 Å². The standard InChI is InChI=1S/C32H41N3O4S/c1-6-25(5)33-32(37)30(7-2)34(22-26-14-10-8-11-15-26)31(36)23-35(28-20-18-27(19-21-28)24(3)4)40(38,39)29-16-12-9-13-17-29/h8-21,24-25,30H,6-7,22-23H2,1-5H3,(H,33,37)/t25-,30-/m0/s1. The van der Waals surface area contributed by atoms with Crippen molar-refractivity contribution < 1.29 is 18.0 Å². The average molecular weight is 564 g/mol. The maximum atomic E-state index is 14.1. The Labute approximate surface area is 239 Å². The second-order valence-electron chi connectivity index (χ2n) is 10.3. The summed E-state index contributed by atoms with van der Waals surface area (Å²) < 4.78 is 28.9. The van der Waals surface area contributed by atoms with E-state index in [2.05, 4.69) is 19.2 Å². The number of amides is 2. The van der Waals surface area contributed by atoms with E-state index in [0.29, 0.717) is 12.1 Å². The number of hydrogen-bond donors (Lipinski definition) is 1. The highest BCUT2D eigenvalue weighted by Gasteiger charge is 2.34. The molecule has 0 bridgehead atoms. The van der Waals surface area contributed by atoms with Crippen LogP contribution in [0.25, 0.3) is 0 Å². The molecule has 0 aliphatic carbocycles. The Hall–Kier alpha value is -3.65. The molecular formula is C32H41N3O4S. The molecule has 2 amide bonds. The van der Waals surface area contributed by atoms with Gasteiger partial charge in [0.1, 0.15) is 12.6 Å². The fourth-order valence-electron chi connectivity index (χ4n) is 4.41. The van der Waals surface area contributed by atoms with Gasteiger partial charge < -0.3 is 10.2 Å². The van der Waals surface area contributed by atoms with Crippen LogP contribution < -0.4 is 9.62 Å². The summed E-state index contributed by atoms with van der Waals surface area (Å²) in [6.07, 6.45) is 1.14. The molecule has 0 aromatic heterocycles. The minimum absolute atomic E-state index is 0.0512. The SMILES string of the molecule is CC[C@H](C)NC(=O)[C@H](CC)N(Cc1ccccc1)C(=O)CN(c1ccc(C(C)C)cc1)S(=O)(=O)c1ccccc1. The Bertz CT molecular complexity index is 1340. The number of carbonyl (C=O) groups excluding carboxylic acids is 2. The van der Waals surface area contributed by atoms with E-state index in [9.17, 15) is 18.0 Å². The van der Waals surface area contributed by atoms with Crippen LogP contribution in [0.3, 0.4) is 0 Å². The van der Waals surface area contributed by atoms with E-state index in [1.165, 1.54) is 17.0 Å². The highest BCUT2D eigenvalue weighted by Crippen LogP contribution is 2.27. The fourth-order valence-corrected chi connectivity index (χ4v) is 5.85. The molecule has 1 N–H and O–H groups in total. The molecule has 214 valence electrons. The normalized spacial score (nSPS) is 12.9. The Morgan fingerprint density at radius 3 is 1.90 bits per heavy atom. The minimum Gasteiger partial charge on any atom is -0.352 e. The van der Waals surface area contributed by atoms with Crippen molar-refractivity contribution >= 4 is 27.5 Å². The van der Waals surface area contributed by atoms with Gasteiger partial charge in [-0.15, -0.1) is 0 Å². The van der Waals surface area contributed by atoms with E-state index in [1.807, 2.05) is 63.2 Å². The lowest BCUT2D eigenvalue weighted by molar-refractivity contribution is -0.140.